The van der Waals surface area contributed by atoms with E-state index in [0.717, 1.165) is 31.9 Å². The number of hydrogen-bond acceptors (Lipinski definition) is 4. The van der Waals surface area contributed by atoms with E-state index >= 15 is 0 Å². The third-order valence-electron chi connectivity index (χ3n) is 5.59. The first-order chi connectivity index (χ1) is 12.7. The molecule has 6 heterocycles. The minimum atomic E-state index is 0.00839. The molecule has 0 aromatic carbocycles. The maximum Gasteiger partial charge on any atom is 0.252 e. The third kappa shape index (κ3) is 2.88. The minimum absolute atomic E-state index is 0.00839. The average Bonchev–Trinajstić information content (AvgIpc) is 3.28. The molecule has 0 spiro atoms. The lowest BCUT2D eigenvalue weighted by atomic mass is 9.84. The van der Waals surface area contributed by atoms with Crippen molar-refractivity contribution in [1.82, 2.24) is 20.2 Å². The van der Waals surface area contributed by atoms with E-state index in [4.69, 9.17) is 0 Å². The first-order valence-electron chi connectivity index (χ1n) is 8.94. The Morgan fingerprint density at radius 1 is 1.31 bits per heavy atom. The van der Waals surface area contributed by atoms with Crippen molar-refractivity contribution in [2.45, 2.75) is 18.9 Å². The van der Waals surface area contributed by atoms with Crippen molar-refractivity contribution in [3.8, 4) is 10.6 Å². The SMILES string of the molecule is O=C(NC1CN2CCC1CC2)c1ccnc2[nH]c(-c3ccc(Br)s3)cc12. The molecule has 0 radical (unpaired) electrons. The number of hydrogen-bond donors (Lipinski definition) is 2. The van der Waals surface area contributed by atoms with Crippen LogP contribution in [0.25, 0.3) is 21.6 Å². The summed E-state index contributed by atoms with van der Waals surface area (Å²) >= 11 is 5.16. The van der Waals surface area contributed by atoms with Crippen LogP contribution in [-0.2, 0) is 0 Å². The lowest BCUT2D eigenvalue weighted by molar-refractivity contribution is 0.0621. The van der Waals surface area contributed by atoms with Crippen LogP contribution in [0.3, 0.4) is 0 Å². The summed E-state index contributed by atoms with van der Waals surface area (Å²) in [7, 11) is 0. The van der Waals surface area contributed by atoms with Crippen molar-refractivity contribution >= 4 is 44.2 Å². The first-order valence-corrected chi connectivity index (χ1v) is 10.5. The molecular formula is C19H19BrN4OS. The second-order valence-corrected chi connectivity index (χ2v) is 9.59. The van der Waals surface area contributed by atoms with E-state index in [2.05, 4.69) is 42.2 Å². The molecule has 1 atom stereocenters. The standard InChI is InChI=1S/C19H19BrN4OS/c20-17-2-1-16(26-17)14-9-13-12(3-6-21-18(13)22-14)19(25)23-15-10-24-7-4-11(15)5-8-24/h1-3,6,9,11,15H,4-5,7-8,10H2,(H,21,22)(H,23,25). The summed E-state index contributed by atoms with van der Waals surface area (Å²) in [4.78, 5) is 24.3. The zero-order valence-electron chi connectivity index (χ0n) is 14.2. The minimum Gasteiger partial charge on any atom is -0.348 e. The zero-order valence-corrected chi connectivity index (χ0v) is 16.6. The highest BCUT2D eigenvalue weighted by molar-refractivity contribution is 9.11. The summed E-state index contributed by atoms with van der Waals surface area (Å²) in [5, 5.41) is 4.17. The van der Waals surface area contributed by atoms with Crippen molar-refractivity contribution < 1.29 is 4.79 Å². The normalized spacial score (nSPS) is 24.9. The molecule has 3 aromatic heterocycles. The Hall–Kier alpha value is -1.70. The van der Waals surface area contributed by atoms with Crippen LogP contribution in [0, 0.1) is 5.92 Å². The Bertz CT molecular complexity index is 973. The number of carbonyl (C=O) groups is 1. The number of H-pyrrole nitrogens is 1. The first kappa shape index (κ1) is 16.5. The second kappa shape index (κ2) is 6.48. The van der Waals surface area contributed by atoms with E-state index in [1.807, 2.05) is 18.2 Å². The number of rotatable bonds is 3. The Morgan fingerprint density at radius 2 is 2.15 bits per heavy atom. The molecule has 26 heavy (non-hydrogen) atoms. The van der Waals surface area contributed by atoms with Crippen LogP contribution in [0.2, 0.25) is 0 Å². The van der Waals surface area contributed by atoms with Gasteiger partial charge in [0.2, 0.25) is 0 Å². The molecule has 3 aromatic rings. The van der Waals surface area contributed by atoms with E-state index in [9.17, 15) is 4.79 Å². The van der Waals surface area contributed by atoms with Crippen molar-refractivity contribution in [3.05, 3.63) is 39.8 Å². The number of carbonyl (C=O) groups excluding carboxylic acids is 1. The smallest absolute Gasteiger partial charge is 0.252 e. The molecule has 2 N–H and O–H groups in total. The summed E-state index contributed by atoms with van der Waals surface area (Å²) in [6, 6.07) is 8.21. The van der Waals surface area contributed by atoms with Crippen LogP contribution in [-0.4, -0.2) is 46.5 Å². The number of halogens is 1. The van der Waals surface area contributed by atoms with Crippen LogP contribution in [0.1, 0.15) is 23.2 Å². The molecule has 0 aliphatic carbocycles. The number of aromatic amines is 1. The van der Waals surface area contributed by atoms with Gasteiger partial charge in [0.15, 0.2) is 0 Å². The molecule has 3 fully saturated rings. The van der Waals surface area contributed by atoms with Gasteiger partial charge in [0, 0.05) is 24.2 Å². The molecule has 7 heteroatoms. The fraction of sp³-hybridized carbons (Fsp3) is 0.368. The molecule has 6 rings (SSSR count). The summed E-state index contributed by atoms with van der Waals surface area (Å²) < 4.78 is 1.08. The third-order valence-corrected chi connectivity index (χ3v) is 7.24. The molecule has 5 nitrogen and oxygen atoms in total. The highest BCUT2D eigenvalue weighted by Crippen LogP contribution is 2.33. The molecule has 134 valence electrons. The number of piperidine rings is 3. The van der Waals surface area contributed by atoms with Gasteiger partial charge in [-0.1, -0.05) is 0 Å². The van der Waals surface area contributed by atoms with Gasteiger partial charge in [0.1, 0.15) is 5.65 Å². The number of nitrogens with one attached hydrogen (secondary N) is 2. The Labute approximate surface area is 163 Å². The number of thiophene rings is 1. The van der Waals surface area contributed by atoms with E-state index in [-0.39, 0.29) is 11.9 Å². The van der Waals surface area contributed by atoms with Crippen molar-refractivity contribution in [2.24, 2.45) is 5.92 Å². The molecule has 3 aliphatic heterocycles. The fourth-order valence-corrected chi connectivity index (χ4v) is 5.55. The molecule has 0 saturated carbocycles. The monoisotopic (exact) mass is 430 g/mol. The van der Waals surface area contributed by atoms with Gasteiger partial charge in [-0.15, -0.1) is 11.3 Å². The largest absolute Gasteiger partial charge is 0.348 e. The lowest BCUT2D eigenvalue weighted by Gasteiger charge is -2.44. The predicted molar refractivity (Wildman–Crippen MR) is 108 cm³/mol. The number of nitrogens with zero attached hydrogens (tertiary/aromatic N) is 2. The quantitative estimate of drug-likeness (QED) is 0.662. The number of aromatic nitrogens is 2. The zero-order chi connectivity index (χ0) is 17.7. The number of fused-ring (bicyclic) bond motifs is 4. The summed E-state index contributed by atoms with van der Waals surface area (Å²) in [5.41, 5.74) is 2.45. The Kier molecular flexibility index (Phi) is 4.10. The van der Waals surface area contributed by atoms with E-state index < -0.39 is 0 Å². The van der Waals surface area contributed by atoms with Gasteiger partial charge in [-0.05, 0) is 72.0 Å². The molecular weight excluding hydrogens is 412 g/mol. The van der Waals surface area contributed by atoms with Gasteiger partial charge in [-0.3, -0.25) is 4.79 Å². The Morgan fingerprint density at radius 3 is 2.85 bits per heavy atom. The predicted octanol–water partition coefficient (Wildman–Crippen LogP) is 3.88. The van der Waals surface area contributed by atoms with Gasteiger partial charge in [-0.25, -0.2) is 4.98 Å². The second-order valence-electron chi connectivity index (χ2n) is 7.13. The van der Waals surface area contributed by atoms with E-state index in [1.165, 1.54) is 25.9 Å². The average molecular weight is 431 g/mol. The lowest BCUT2D eigenvalue weighted by Crippen LogP contribution is -2.57. The molecule has 1 unspecified atom stereocenters. The van der Waals surface area contributed by atoms with Crippen molar-refractivity contribution in [2.75, 3.05) is 19.6 Å². The fourth-order valence-electron chi connectivity index (χ4n) is 4.19. The van der Waals surface area contributed by atoms with Crippen LogP contribution < -0.4 is 5.32 Å². The van der Waals surface area contributed by atoms with Gasteiger partial charge in [0.25, 0.3) is 5.91 Å². The number of amides is 1. The van der Waals surface area contributed by atoms with Gasteiger partial charge in [-0.2, -0.15) is 0 Å². The molecule has 2 bridgehead atoms. The van der Waals surface area contributed by atoms with E-state index in [1.54, 1.807) is 17.5 Å². The molecule has 3 saturated heterocycles. The summed E-state index contributed by atoms with van der Waals surface area (Å²) in [5.74, 6) is 0.626. The van der Waals surface area contributed by atoms with Crippen LogP contribution >= 0.6 is 27.3 Å². The molecule has 3 aliphatic rings. The maximum atomic E-state index is 13.0. The highest BCUT2D eigenvalue weighted by atomic mass is 79.9. The topological polar surface area (TPSA) is 61.0 Å². The Balaban J connectivity index is 1.44. The highest BCUT2D eigenvalue weighted by Gasteiger charge is 2.35. The molecule has 1 amide bonds. The maximum absolute atomic E-state index is 13.0. The van der Waals surface area contributed by atoms with Gasteiger partial charge >= 0.3 is 0 Å². The summed E-state index contributed by atoms with van der Waals surface area (Å²) in [6.45, 7) is 3.33. The van der Waals surface area contributed by atoms with Crippen LogP contribution in [0.4, 0.5) is 0 Å². The van der Waals surface area contributed by atoms with E-state index in [0.29, 0.717) is 11.5 Å². The van der Waals surface area contributed by atoms with Gasteiger partial charge < -0.3 is 15.2 Å². The summed E-state index contributed by atoms with van der Waals surface area (Å²) in [6.07, 6.45) is 4.09. The van der Waals surface area contributed by atoms with Crippen LogP contribution in [0.15, 0.2) is 34.2 Å². The number of pyridine rings is 1. The van der Waals surface area contributed by atoms with Crippen LogP contribution in [0.5, 0.6) is 0 Å². The van der Waals surface area contributed by atoms with Gasteiger partial charge in [0.05, 0.1) is 19.9 Å². The van der Waals surface area contributed by atoms with Crippen molar-refractivity contribution in [1.29, 1.82) is 0 Å². The van der Waals surface area contributed by atoms with Crippen molar-refractivity contribution in [3.63, 3.8) is 0 Å².